The van der Waals surface area contributed by atoms with Gasteiger partial charge in [0.25, 0.3) is 0 Å². The van der Waals surface area contributed by atoms with Crippen LogP contribution in [0.4, 0.5) is 10.1 Å². The number of benzene rings is 2. The third-order valence-electron chi connectivity index (χ3n) is 2.68. The largest absolute Gasteiger partial charge is 0.497 e. The van der Waals surface area contributed by atoms with E-state index in [9.17, 15) is 9.18 Å². The van der Waals surface area contributed by atoms with Crippen LogP contribution in [0.15, 0.2) is 36.4 Å². The highest BCUT2D eigenvalue weighted by atomic mass is 35.5. The van der Waals surface area contributed by atoms with Crippen LogP contribution < -0.4 is 10.5 Å². The van der Waals surface area contributed by atoms with Crippen molar-refractivity contribution in [2.75, 3.05) is 12.8 Å². The van der Waals surface area contributed by atoms with Crippen LogP contribution in [0.3, 0.4) is 0 Å². The molecule has 0 bridgehead atoms. The van der Waals surface area contributed by atoms with Gasteiger partial charge in [-0.05, 0) is 30.3 Å². The lowest BCUT2D eigenvalue weighted by Crippen LogP contribution is -2.07. The Kier molecular flexibility index (Phi) is 3.71. The molecule has 2 N–H and O–H groups in total. The molecule has 0 atom stereocenters. The van der Waals surface area contributed by atoms with E-state index in [0.29, 0.717) is 5.75 Å². The van der Waals surface area contributed by atoms with E-state index in [1.165, 1.54) is 31.4 Å². The Bertz CT molecular complexity index is 643. The molecule has 2 aromatic carbocycles. The van der Waals surface area contributed by atoms with E-state index in [0.717, 1.165) is 6.07 Å². The monoisotopic (exact) mass is 279 g/mol. The lowest BCUT2D eigenvalue weighted by Gasteiger charge is -2.08. The van der Waals surface area contributed by atoms with Crippen molar-refractivity contribution in [2.45, 2.75) is 0 Å². The molecule has 2 rings (SSSR count). The summed E-state index contributed by atoms with van der Waals surface area (Å²) in [6, 6.07) is 8.50. The zero-order valence-corrected chi connectivity index (χ0v) is 10.9. The van der Waals surface area contributed by atoms with Crippen molar-refractivity contribution >= 4 is 23.1 Å². The van der Waals surface area contributed by atoms with Gasteiger partial charge in [0.15, 0.2) is 5.78 Å². The molecule has 0 aliphatic heterocycles. The first kappa shape index (κ1) is 13.4. The predicted octanol–water partition coefficient (Wildman–Crippen LogP) is 3.30. The number of carbonyl (C=O) groups is 1. The van der Waals surface area contributed by atoms with Crippen LogP contribution >= 0.6 is 11.6 Å². The topological polar surface area (TPSA) is 52.3 Å². The van der Waals surface area contributed by atoms with Crippen molar-refractivity contribution in [3.8, 4) is 5.75 Å². The van der Waals surface area contributed by atoms with Gasteiger partial charge in [0, 0.05) is 22.3 Å². The molecule has 0 radical (unpaired) electrons. The smallest absolute Gasteiger partial charge is 0.198 e. The number of nitrogen functional groups attached to an aromatic ring is 1. The van der Waals surface area contributed by atoms with Gasteiger partial charge in [-0.2, -0.15) is 0 Å². The number of methoxy groups -OCH3 is 1. The van der Waals surface area contributed by atoms with Crippen LogP contribution in [0.1, 0.15) is 15.9 Å². The van der Waals surface area contributed by atoms with Gasteiger partial charge in [-0.1, -0.05) is 11.6 Å². The second-order valence-corrected chi connectivity index (χ2v) is 4.34. The minimum Gasteiger partial charge on any atom is -0.497 e. The van der Waals surface area contributed by atoms with Gasteiger partial charge in [-0.25, -0.2) is 4.39 Å². The number of hydrogen-bond donors (Lipinski definition) is 1. The zero-order valence-electron chi connectivity index (χ0n) is 10.1. The summed E-state index contributed by atoms with van der Waals surface area (Å²) in [6.45, 7) is 0. The van der Waals surface area contributed by atoms with E-state index in [-0.39, 0.29) is 21.8 Å². The second kappa shape index (κ2) is 5.28. The molecule has 98 valence electrons. The van der Waals surface area contributed by atoms with Crippen LogP contribution in [0, 0.1) is 5.82 Å². The standard InChI is InChI=1S/C14H11ClFNO2/c1-19-9-3-5-11(13(17)7-9)14(18)10-4-2-8(15)6-12(10)16/h2-7H,17H2,1H3. The lowest BCUT2D eigenvalue weighted by atomic mass is 10.0. The van der Waals surface area contributed by atoms with Crippen molar-refractivity contribution in [1.82, 2.24) is 0 Å². The van der Waals surface area contributed by atoms with E-state index in [1.807, 2.05) is 0 Å². The Morgan fingerprint density at radius 2 is 1.89 bits per heavy atom. The van der Waals surface area contributed by atoms with Crippen molar-refractivity contribution in [2.24, 2.45) is 0 Å². The third kappa shape index (κ3) is 2.69. The van der Waals surface area contributed by atoms with E-state index in [2.05, 4.69) is 0 Å². The summed E-state index contributed by atoms with van der Waals surface area (Å²) in [4.78, 5) is 12.2. The molecule has 0 spiro atoms. The van der Waals surface area contributed by atoms with Crippen molar-refractivity contribution in [3.63, 3.8) is 0 Å². The summed E-state index contributed by atoms with van der Waals surface area (Å²) in [5.41, 5.74) is 6.16. The number of rotatable bonds is 3. The average Bonchev–Trinajstić information content (AvgIpc) is 2.37. The summed E-state index contributed by atoms with van der Waals surface area (Å²) >= 11 is 5.65. The van der Waals surface area contributed by atoms with Gasteiger partial charge in [-0.15, -0.1) is 0 Å². The van der Waals surface area contributed by atoms with Crippen LogP contribution in [0.5, 0.6) is 5.75 Å². The second-order valence-electron chi connectivity index (χ2n) is 3.91. The molecule has 0 saturated carbocycles. The SMILES string of the molecule is COc1ccc(C(=O)c2ccc(Cl)cc2F)c(N)c1. The van der Waals surface area contributed by atoms with Crippen LogP contribution in [0.2, 0.25) is 5.02 Å². The quantitative estimate of drug-likeness (QED) is 0.693. The minimum atomic E-state index is -0.673. The van der Waals surface area contributed by atoms with Gasteiger partial charge in [0.05, 0.1) is 12.7 Å². The third-order valence-corrected chi connectivity index (χ3v) is 2.91. The maximum absolute atomic E-state index is 13.7. The highest BCUT2D eigenvalue weighted by Gasteiger charge is 2.17. The Labute approximate surface area is 114 Å². The first-order valence-corrected chi connectivity index (χ1v) is 5.84. The fourth-order valence-corrected chi connectivity index (χ4v) is 1.85. The first-order chi connectivity index (χ1) is 9.02. The molecular weight excluding hydrogens is 269 g/mol. The first-order valence-electron chi connectivity index (χ1n) is 5.46. The van der Waals surface area contributed by atoms with E-state index >= 15 is 0 Å². The number of ketones is 1. The molecule has 0 heterocycles. The van der Waals surface area contributed by atoms with Crippen molar-refractivity contribution in [3.05, 3.63) is 58.4 Å². The number of carbonyl (C=O) groups excluding carboxylic acids is 1. The van der Waals surface area contributed by atoms with Crippen molar-refractivity contribution in [1.29, 1.82) is 0 Å². The fraction of sp³-hybridized carbons (Fsp3) is 0.0714. The van der Waals surface area contributed by atoms with Gasteiger partial charge in [-0.3, -0.25) is 4.79 Å². The maximum atomic E-state index is 13.7. The number of nitrogens with two attached hydrogens (primary N) is 1. The summed E-state index contributed by atoms with van der Waals surface area (Å²) < 4.78 is 18.7. The Morgan fingerprint density at radius 3 is 2.47 bits per heavy atom. The highest BCUT2D eigenvalue weighted by molar-refractivity contribution is 6.30. The van der Waals surface area contributed by atoms with E-state index < -0.39 is 11.6 Å². The number of ether oxygens (including phenoxy) is 1. The van der Waals surface area contributed by atoms with Crippen molar-refractivity contribution < 1.29 is 13.9 Å². The Hall–Kier alpha value is -2.07. The average molecular weight is 280 g/mol. The number of hydrogen-bond acceptors (Lipinski definition) is 3. The van der Waals surface area contributed by atoms with E-state index in [1.54, 1.807) is 6.07 Å². The molecule has 19 heavy (non-hydrogen) atoms. The van der Waals surface area contributed by atoms with Crippen LogP contribution in [-0.2, 0) is 0 Å². The molecule has 0 amide bonds. The molecule has 0 fully saturated rings. The molecule has 3 nitrogen and oxygen atoms in total. The van der Waals surface area contributed by atoms with Crippen LogP contribution in [0.25, 0.3) is 0 Å². The molecule has 5 heteroatoms. The zero-order chi connectivity index (χ0) is 14.0. The maximum Gasteiger partial charge on any atom is 0.198 e. The molecule has 0 aliphatic carbocycles. The predicted molar refractivity (Wildman–Crippen MR) is 72.2 cm³/mol. The summed E-state index contributed by atoms with van der Waals surface area (Å²) in [7, 11) is 1.50. The normalized spacial score (nSPS) is 10.3. The lowest BCUT2D eigenvalue weighted by molar-refractivity contribution is 0.103. The van der Waals surface area contributed by atoms with Gasteiger partial charge in [0.2, 0.25) is 0 Å². The van der Waals surface area contributed by atoms with E-state index in [4.69, 9.17) is 22.1 Å². The fourth-order valence-electron chi connectivity index (χ4n) is 1.69. The molecule has 0 aromatic heterocycles. The summed E-state index contributed by atoms with van der Waals surface area (Å²) in [5.74, 6) is -0.632. The Balaban J connectivity index is 2.44. The van der Waals surface area contributed by atoms with Crippen LogP contribution in [-0.4, -0.2) is 12.9 Å². The Morgan fingerprint density at radius 1 is 1.21 bits per heavy atom. The number of anilines is 1. The highest BCUT2D eigenvalue weighted by Crippen LogP contribution is 2.24. The van der Waals surface area contributed by atoms with Gasteiger partial charge >= 0.3 is 0 Å². The summed E-state index contributed by atoms with van der Waals surface area (Å²) in [5, 5.41) is 0.233. The van der Waals surface area contributed by atoms with Gasteiger partial charge < -0.3 is 10.5 Å². The molecule has 0 aliphatic rings. The van der Waals surface area contributed by atoms with Gasteiger partial charge in [0.1, 0.15) is 11.6 Å². The summed E-state index contributed by atoms with van der Waals surface area (Å²) in [6.07, 6.45) is 0. The number of halogens is 2. The molecule has 2 aromatic rings. The minimum absolute atomic E-state index is 0.0683. The molecule has 0 unspecified atom stereocenters. The molecular formula is C14H11ClFNO2. The molecule has 0 saturated heterocycles.